The summed E-state index contributed by atoms with van der Waals surface area (Å²) in [6, 6.07) is 18.0. The summed E-state index contributed by atoms with van der Waals surface area (Å²) >= 11 is 0. The number of carbonyl (C=O) groups is 1. The molecule has 1 heterocycles. The molecule has 7 heteroatoms. The van der Waals surface area contributed by atoms with E-state index in [1.54, 1.807) is 6.20 Å². The minimum absolute atomic E-state index is 0.296. The first-order valence-corrected chi connectivity index (χ1v) is 12.4. The number of hydrogen-bond donors (Lipinski definition) is 1. The van der Waals surface area contributed by atoms with Crippen LogP contribution >= 0.6 is 0 Å². The van der Waals surface area contributed by atoms with Crippen molar-refractivity contribution in [2.45, 2.75) is 44.0 Å². The molecule has 0 atom stereocenters. The van der Waals surface area contributed by atoms with Gasteiger partial charge in [-0.3, -0.25) is 9.48 Å². The highest BCUT2D eigenvalue weighted by molar-refractivity contribution is 7.92. The van der Waals surface area contributed by atoms with E-state index in [9.17, 15) is 13.2 Å². The molecule has 0 bridgehead atoms. The van der Waals surface area contributed by atoms with E-state index in [-0.39, 0.29) is 5.25 Å². The number of nitrogens with zero attached hydrogens (tertiary/aromatic N) is 2. The van der Waals surface area contributed by atoms with Crippen LogP contribution in [0.4, 0.5) is 0 Å². The van der Waals surface area contributed by atoms with Crippen LogP contribution in [0.1, 0.15) is 36.8 Å². The van der Waals surface area contributed by atoms with Crippen molar-refractivity contribution in [2.24, 2.45) is 0 Å². The maximum atomic E-state index is 12.4. The van der Waals surface area contributed by atoms with Crippen LogP contribution in [0, 0.1) is 0 Å². The van der Waals surface area contributed by atoms with Crippen molar-refractivity contribution in [1.82, 2.24) is 15.1 Å². The molecule has 0 saturated heterocycles. The summed E-state index contributed by atoms with van der Waals surface area (Å²) in [4.78, 5) is 12.3. The van der Waals surface area contributed by atoms with E-state index >= 15 is 0 Å². The Morgan fingerprint density at radius 3 is 2.48 bits per heavy atom. The van der Waals surface area contributed by atoms with Crippen molar-refractivity contribution < 1.29 is 13.2 Å². The van der Waals surface area contributed by atoms with Crippen molar-refractivity contribution in [3.8, 4) is 11.1 Å². The van der Waals surface area contributed by atoms with Crippen LogP contribution in [0.25, 0.3) is 11.1 Å². The molecule has 0 radical (unpaired) electrons. The fraction of sp³-hybridized carbons (Fsp3) is 0.333. The standard InChI is InChI=1S/C24H27N3O3S/c28-24(18-31(29,30)22-7-2-3-8-22)25-16-21-6-1-4-9-23(21)20-12-10-19(11-13-20)17-27-15-5-14-26-27/h1,4-6,9-15,22H,2-3,7-8,16-18H2,(H,25,28). The normalized spacial score (nSPS) is 14.6. The molecule has 1 aliphatic rings. The van der Waals surface area contributed by atoms with E-state index in [1.807, 2.05) is 41.2 Å². The van der Waals surface area contributed by atoms with Crippen molar-refractivity contribution in [3.05, 3.63) is 78.1 Å². The molecule has 1 N–H and O–H groups in total. The summed E-state index contributed by atoms with van der Waals surface area (Å²) in [7, 11) is -3.37. The number of rotatable bonds is 8. The maximum Gasteiger partial charge on any atom is 0.235 e. The number of benzene rings is 2. The zero-order valence-electron chi connectivity index (χ0n) is 17.4. The molecule has 1 fully saturated rings. The number of amides is 1. The third-order valence-corrected chi connectivity index (χ3v) is 7.96. The highest BCUT2D eigenvalue weighted by Gasteiger charge is 2.30. The Hall–Kier alpha value is -2.93. The van der Waals surface area contributed by atoms with Gasteiger partial charge in [-0.1, -0.05) is 61.4 Å². The van der Waals surface area contributed by atoms with Crippen LogP contribution in [-0.2, 0) is 27.7 Å². The van der Waals surface area contributed by atoms with Crippen LogP contribution in [0.2, 0.25) is 0 Å². The lowest BCUT2D eigenvalue weighted by Gasteiger charge is -2.13. The minimum atomic E-state index is -3.37. The fourth-order valence-corrected chi connectivity index (χ4v) is 5.87. The first kappa shape index (κ1) is 21.3. The quantitative estimate of drug-likeness (QED) is 0.584. The van der Waals surface area contributed by atoms with Gasteiger partial charge < -0.3 is 5.32 Å². The molecule has 3 aromatic rings. The van der Waals surface area contributed by atoms with Gasteiger partial charge in [0, 0.05) is 18.9 Å². The number of aromatic nitrogens is 2. The monoisotopic (exact) mass is 437 g/mol. The number of nitrogens with one attached hydrogen (secondary N) is 1. The van der Waals surface area contributed by atoms with Crippen LogP contribution in [0.15, 0.2) is 67.0 Å². The Morgan fingerprint density at radius 1 is 1.03 bits per heavy atom. The van der Waals surface area contributed by atoms with Gasteiger partial charge in [0.05, 0.1) is 11.8 Å². The maximum absolute atomic E-state index is 12.4. The predicted molar refractivity (Wildman–Crippen MR) is 121 cm³/mol. The second kappa shape index (κ2) is 9.47. The van der Waals surface area contributed by atoms with Gasteiger partial charge in [0.1, 0.15) is 5.75 Å². The number of sulfone groups is 1. The van der Waals surface area contributed by atoms with Gasteiger partial charge in [0.25, 0.3) is 0 Å². The van der Waals surface area contributed by atoms with Gasteiger partial charge >= 0.3 is 0 Å². The Kier molecular flexibility index (Phi) is 6.51. The molecule has 0 aliphatic heterocycles. The summed E-state index contributed by atoms with van der Waals surface area (Å²) < 4.78 is 26.7. The third-order valence-electron chi connectivity index (χ3n) is 5.80. The van der Waals surface area contributed by atoms with Gasteiger partial charge in [0.15, 0.2) is 9.84 Å². The highest BCUT2D eigenvalue weighted by atomic mass is 32.2. The summed E-state index contributed by atoms with van der Waals surface area (Å²) in [6.07, 6.45) is 6.90. The predicted octanol–water partition coefficient (Wildman–Crippen LogP) is 3.57. The lowest BCUT2D eigenvalue weighted by atomic mass is 9.98. The zero-order chi connectivity index (χ0) is 21.7. The first-order valence-electron chi connectivity index (χ1n) is 10.6. The molecule has 1 aromatic heterocycles. The van der Waals surface area contributed by atoms with E-state index in [2.05, 4.69) is 34.7 Å². The lowest BCUT2D eigenvalue weighted by molar-refractivity contribution is -0.118. The molecule has 0 spiro atoms. The van der Waals surface area contributed by atoms with Crippen LogP contribution in [0.3, 0.4) is 0 Å². The van der Waals surface area contributed by atoms with Gasteiger partial charge in [-0.2, -0.15) is 5.10 Å². The lowest BCUT2D eigenvalue weighted by Crippen LogP contribution is -2.33. The minimum Gasteiger partial charge on any atom is -0.351 e. The van der Waals surface area contributed by atoms with Gasteiger partial charge in [-0.15, -0.1) is 0 Å². The Morgan fingerprint density at radius 2 is 1.77 bits per heavy atom. The second-order valence-electron chi connectivity index (χ2n) is 8.05. The molecule has 1 amide bonds. The third kappa shape index (κ3) is 5.41. The van der Waals surface area contributed by atoms with Crippen LogP contribution < -0.4 is 5.32 Å². The molecule has 6 nitrogen and oxygen atoms in total. The summed E-state index contributed by atoms with van der Waals surface area (Å²) in [5.41, 5.74) is 4.17. The SMILES string of the molecule is O=C(CS(=O)(=O)C1CCCC1)NCc1ccccc1-c1ccc(Cn2cccn2)cc1. The Bertz CT molecular complexity index is 1120. The number of hydrogen-bond acceptors (Lipinski definition) is 4. The molecule has 2 aromatic carbocycles. The van der Waals surface area contributed by atoms with E-state index in [0.717, 1.165) is 35.1 Å². The smallest absolute Gasteiger partial charge is 0.235 e. The average Bonchev–Trinajstić information content (AvgIpc) is 3.48. The topological polar surface area (TPSA) is 81.1 Å². The van der Waals surface area contributed by atoms with Gasteiger partial charge in [0.2, 0.25) is 5.91 Å². The van der Waals surface area contributed by atoms with Crippen molar-refractivity contribution in [1.29, 1.82) is 0 Å². The van der Waals surface area contributed by atoms with Crippen molar-refractivity contribution in [3.63, 3.8) is 0 Å². The van der Waals surface area contributed by atoms with Gasteiger partial charge in [-0.25, -0.2) is 8.42 Å². The molecule has 4 rings (SSSR count). The van der Waals surface area contributed by atoms with E-state index < -0.39 is 21.5 Å². The number of carbonyl (C=O) groups excluding carboxylic acids is 1. The first-order chi connectivity index (χ1) is 15.0. The Balaban J connectivity index is 1.41. The van der Waals surface area contributed by atoms with E-state index in [4.69, 9.17) is 0 Å². The molecule has 1 saturated carbocycles. The molecule has 162 valence electrons. The summed E-state index contributed by atoms with van der Waals surface area (Å²) in [5.74, 6) is -0.863. The van der Waals surface area contributed by atoms with Gasteiger partial charge in [-0.05, 0) is 41.2 Å². The molecular weight excluding hydrogens is 410 g/mol. The largest absolute Gasteiger partial charge is 0.351 e. The summed E-state index contributed by atoms with van der Waals surface area (Å²) in [6.45, 7) is 1.00. The summed E-state index contributed by atoms with van der Waals surface area (Å²) in [5, 5.41) is 6.68. The van der Waals surface area contributed by atoms with Crippen LogP contribution in [-0.4, -0.2) is 35.1 Å². The molecule has 31 heavy (non-hydrogen) atoms. The zero-order valence-corrected chi connectivity index (χ0v) is 18.2. The molecule has 0 unspecified atom stereocenters. The highest BCUT2D eigenvalue weighted by Crippen LogP contribution is 2.26. The van der Waals surface area contributed by atoms with E-state index in [1.165, 1.54) is 0 Å². The second-order valence-corrected chi connectivity index (χ2v) is 10.3. The molecular formula is C24H27N3O3S. The van der Waals surface area contributed by atoms with E-state index in [0.29, 0.717) is 25.9 Å². The van der Waals surface area contributed by atoms with Crippen molar-refractivity contribution in [2.75, 3.05) is 5.75 Å². The van der Waals surface area contributed by atoms with Crippen molar-refractivity contribution >= 4 is 15.7 Å². The Labute approximate surface area is 183 Å². The fourth-order valence-electron chi connectivity index (χ4n) is 4.12. The average molecular weight is 438 g/mol. The molecule has 1 aliphatic carbocycles. The van der Waals surface area contributed by atoms with Crippen LogP contribution in [0.5, 0.6) is 0 Å².